The van der Waals surface area contributed by atoms with Gasteiger partial charge in [0.25, 0.3) is 0 Å². The second kappa shape index (κ2) is 7.04. The van der Waals surface area contributed by atoms with Crippen molar-refractivity contribution in [2.24, 2.45) is 0 Å². The lowest BCUT2D eigenvalue weighted by atomic mass is 10.1. The second-order valence-electron chi connectivity index (χ2n) is 4.63. The summed E-state index contributed by atoms with van der Waals surface area (Å²) < 4.78 is 5.14. The van der Waals surface area contributed by atoms with Gasteiger partial charge in [0.15, 0.2) is 0 Å². The first kappa shape index (κ1) is 15.3. The van der Waals surface area contributed by atoms with Gasteiger partial charge in [-0.15, -0.1) is 0 Å². The van der Waals surface area contributed by atoms with E-state index in [0.29, 0.717) is 10.7 Å². The van der Waals surface area contributed by atoms with E-state index in [1.165, 1.54) is 6.08 Å². The molecule has 2 rings (SSSR count). The third kappa shape index (κ3) is 4.17. The van der Waals surface area contributed by atoms with Gasteiger partial charge >= 0.3 is 5.97 Å². The van der Waals surface area contributed by atoms with Crippen molar-refractivity contribution in [3.8, 4) is 0 Å². The number of hydrogen-bond donors (Lipinski definition) is 0. The van der Waals surface area contributed by atoms with E-state index in [-0.39, 0.29) is 6.61 Å². The normalized spacial score (nSPS) is 11.6. The maximum absolute atomic E-state index is 11.5. The lowest BCUT2D eigenvalue weighted by molar-refractivity contribution is -0.139. The van der Waals surface area contributed by atoms with Gasteiger partial charge in [-0.2, -0.15) is 0 Å². The highest BCUT2D eigenvalue weighted by Crippen LogP contribution is 2.22. The van der Waals surface area contributed by atoms with Gasteiger partial charge in [0.2, 0.25) is 0 Å². The first-order valence-electron chi connectivity index (χ1n) is 6.62. The van der Waals surface area contributed by atoms with E-state index in [1.807, 2.05) is 44.2 Å². The Morgan fingerprint density at radius 2 is 2.14 bits per heavy atom. The lowest BCUT2D eigenvalue weighted by Gasteiger charge is -2.07. The number of pyridine rings is 1. The van der Waals surface area contributed by atoms with Crippen LogP contribution in [0.1, 0.15) is 18.1 Å². The van der Waals surface area contributed by atoms with E-state index in [2.05, 4.69) is 4.98 Å². The summed E-state index contributed by atoms with van der Waals surface area (Å²) in [4.78, 5) is 15.8. The maximum atomic E-state index is 11.5. The lowest BCUT2D eigenvalue weighted by Crippen LogP contribution is -2.02. The molecule has 3 nitrogen and oxygen atoms in total. The molecule has 0 aliphatic heterocycles. The molecule has 0 aliphatic rings. The molecule has 0 N–H and O–H groups in total. The number of allylic oxidation sites excluding steroid dienone is 3. The molecule has 4 heteroatoms. The van der Waals surface area contributed by atoms with Gasteiger partial charge in [-0.3, -0.25) is 0 Å². The number of carbonyl (C=O) groups excluding carboxylic acids is 1. The standard InChI is InChI=1S/C17H16ClNO2/c1-3-4-5-6-16(20)21-11-14-10-13-8-7-12(2)9-15(13)19-17(14)18/h3-10H,11H2,1-2H3/b4-3+,6-5+. The third-order valence-corrected chi connectivity index (χ3v) is 3.23. The summed E-state index contributed by atoms with van der Waals surface area (Å²) in [5.41, 5.74) is 2.66. The molecule has 0 saturated heterocycles. The number of esters is 1. The summed E-state index contributed by atoms with van der Waals surface area (Å²) in [6.07, 6.45) is 6.58. The summed E-state index contributed by atoms with van der Waals surface area (Å²) in [5.74, 6) is -0.409. The minimum Gasteiger partial charge on any atom is -0.458 e. The second-order valence-corrected chi connectivity index (χ2v) is 4.99. The van der Waals surface area contributed by atoms with Crippen LogP contribution in [0.15, 0.2) is 48.6 Å². The number of aryl methyl sites for hydroxylation is 1. The molecule has 108 valence electrons. The highest BCUT2D eigenvalue weighted by molar-refractivity contribution is 6.30. The van der Waals surface area contributed by atoms with Crippen LogP contribution in [-0.4, -0.2) is 11.0 Å². The van der Waals surface area contributed by atoms with E-state index in [1.54, 1.807) is 12.2 Å². The molecule has 2 aromatic rings. The zero-order valence-electron chi connectivity index (χ0n) is 12.0. The fourth-order valence-electron chi connectivity index (χ4n) is 1.84. The fourth-order valence-corrected chi connectivity index (χ4v) is 2.04. The highest BCUT2D eigenvalue weighted by Gasteiger charge is 2.07. The predicted octanol–water partition coefficient (Wildman–Crippen LogP) is 4.37. The van der Waals surface area contributed by atoms with Gasteiger partial charge in [0, 0.05) is 17.0 Å². The number of halogens is 1. The SMILES string of the molecule is C/C=C/C=C/C(=O)OCc1cc2ccc(C)cc2nc1Cl. The summed E-state index contributed by atoms with van der Waals surface area (Å²) in [5, 5.41) is 1.33. The average molecular weight is 302 g/mol. The molecule has 0 aliphatic carbocycles. The van der Waals surface area contributed by atoms with Gasteiger partial charge in [-0.1, -0.05) is 42.0 Å². The van der Waals surface area contributed by atoms with Crippen LogP contribution in [0.2, 0.25) is 5.15 Å². The number of ether oxygens (including phenoxy) is 1. The van der Waals surface area contributed by atoms with Crippen LogP contribution in [0.25, 0.3) is 10.9 Å². The van der Waals surface area contributed by atoms with Crippen molar-refractivity contribution in [3.05, 3.63) is 64.8 Å². The van der Waals surface area contributed by atoms with Crippen molar-refractivity contribution in [2.75, 3.05) is 0 Å². The van der Waals surface area contributed by atoms with Crippen LogP contribution in [0, 0.1) is 6.92 Å². The van der Waals surface area contributed by atoms with Crippen molar-refractivity contribution in [2.45, 2.75) is 20.5 Å². The molecule has 0 radical (unpaired) electrons. The fraction of sp³-hybridized carbons (Fsp3) is 0.176. The Balaban J connectivity index is 2.13. The smallest absolute Gasteiger partial charge is 0.331 e. The van der Waals surface area contributed by atoms with Crippen molar-refractivity contribution in [1.82, 2.24) is 4.98 Å². The maximum Gasteiger partial charge on any atom is 0.331 e. The predicted molar refractivity (Wildman–Crippen MR) is 85.2 cm³/mol. The van der Waals surface area contributed by atoms with Crippen molar-refractivity contribution in [1.29, 1.82) is 0 Å². The number of rotatable bonds is 4. The zero-order valence-corrected chi connectivity index (χ0v) is 12.7. The van der Waals surface area contributed by atoms with Crippen LogP contribution in [0.5, 0.6) is 0 Å². The average Bonchev–Trinajstić information content (AvgIpc) is 2.45. The van der Waals surface area contributed by atoms with Gasteiger partial charge in [-0.05, 0) is 31.5 Å². The molecule has 0 spiro atoms. The molecule has 0 bridgehead atoms. The van der Waals surface area contributed by atoms with Crippen molar-refractivity contribution >= 4 is 28.5 Å². The van der Waals surface area contributed by atoms with E-state index in [9.17, 15) is 4.79 Å². The van der Waals surface area contributed by atoms with Gasteiger partial charge < -0.3 is 4.74 Å². The topological polar surface area (TPSA) is 39.2 Å². The first-order chi connectivity index (χ1) is 10.1. The Bertz CT molecular complexity index is 720. The molecular formula is C17H16ClNO2. The summed E-state index contributed by atoms with van der Waals surface area (Å²) in [6, 6.07) is 7.85. The minimum atomic E-state index is -0.409. The van der Waals surface area contributed by atoms with Crippen LogP contribution < -0.4 is 0 Å². The zero-order chi connectivity index (χ0) is 15.2. The highest BCUT2D eigenvalue weighted by atomic mass is 35.5. The molecule has 1 heterocycles. The van der Waals surface area contributed by atoms with E-state index >= 15 is 0 Å². The Hall–Kier alpha value is -2.13. The molecule has 0 saturated carbocycles. The summed E-state index contributed by atoms with van der Waals surface area (Å²) >= 11 is 6.13. The molecule has 1 aromatic carbocycles. The largest absolute Gasteiger partial charge is 0.458 e. The van der Waals surface area contributed by atoms with Gasteiger partial charge in [0.05, 0.1) is 5.52 Å². The van der Waals surface area contributed by atoms with Crippen LogP contribution in [0.3, 0.4) is 0 Å². The summed E-state index contributed by atoms with van der Waals surface area (Å²) in [6.45, 7) is 3.98. The van der Waals surface area contributed by atoms with E-state index in [0.717, 1.165) is 16.5 Å². The molecule has 1 aromatic heterocycles. The Morgan fingerprint density at radius 3 is 2.90 bits per heavy atom. The van der Waals surface area contributed by atoms with Crippen LogP contribution in [-0.2, 0) is 16.1 Å². The quantitative estimate of drug-likeness (QED) is 0.364. The number of fused-ring (bicyclic) bond motifs is 1. The molecule has 0 unspecified atom stereocenters. The number of aromatic nitrogens is 1. The Kier molecular flexibility index (Phi) is 5.12. The van der Waals surface area contributed by atoms with Gasteiger partial charge in [0.1, 0.15) is 11.8 Å². The summed E-state index contributed by atoms with van der Waals surface area (Å²) in [7, 11) is 0. The Morgan fingerprint density at radius 1 is 1.33 bits per heavy atom. The van der Waals surface area contributed by atoms with Crippen molar-refractivity contribution in [3.63, 3.8) is 0 Å². The third-order valence-electron chi connectivity index (χ3n) is 2.91. The van der Waals surface area contributed by atoms with Gasteiger partial charge in [-0.25, -0.2) is 9.78 Å². The molecular weight excluding hydrogens is 286 g/mol. The van der Waals surface area contributed by atoms with Crippen LogP contribution >= 0.6 is 11.6 Å². The minimum absolute atomic E-state index is 0.106. The van der Waals surface area contributed by atoms with E-state index in [4.69, 9.17) is 16.3 Å². The monoisotopic (exact) mass is 301 g/mol. The molecule has 0 atom stereocenters. The number of nitrogens with zero attached hydrogens (tertiary/aromatic N) is 1. The number of hydrogen-bond acceptors (Lipinski definition) is 3. The molecule has 0 fully saturated rings. The van der Waals surface area contributed by atoms with E-state index < -0.39 is 5.97 Å². The Labute approximate surface area is 128 Å². The number of carbonyl (C=O) groups is 1. The first-order valence-corrected chi connectivity index (χ1v) is 7.00. The van der Waals surface area contributed by atoms with Crippen LogP contribution in [0.4, 0.5) is 0 Å². The molecule has 0 amide bonds. The van der Waals surface area contributed by atoms with Crippen molar-refractivity contribution < 1.29 is 9.53 Å². The molecule has 21 heavy (non-hydrogen) atoms. The number of benzene rings is 1.